The fourth-order valence-corrected chi connectivity index (χ4v) is 5.10. The van der Waals surface area contributed by atoms with Gasteiger partial charge in [0, 0.05) is 30.5 Å². The van der Waals surface area contributed by atoms with E-state index in [1.54, 1.807) is 0 Å². The van der Waals surface area contributed by atoms with E-state index in [1.165, 1.54) is 24.0 Å². The Labute approximate surface area is 183 Å². The molecule has 0 radical (unpaired) electrons. The molecule has 8 heteroatoms. The maximum absolute atomic E-state index is 12.3. The number of aromatic nitrogens is 1. The highest BCUT2D eigenvalue weighted by molar-refractivity contribution is 7.15. The lowest BCUT2D eigenvalue weighted by molar-refractivity contribution is -0.126. The highest BCUT2D eigenvalue weighted by atomic mass is 32.1. The number of aliphatic hydroxyl groups excluding tert-OH is 1. The van der Waals surface area contributed by atoms with Crippen LogP contribution in [-0.4, -0.2) is 53.1 Å². The first-order chi connectivity index (χ1) is 14.2. The summed E-state index contributed by atoms with van der Waals surface area (Å²) in [5, 5.41) is 16.5. The average molecular weight is 438 g/mol. The molecule has 168 valence electrons. The van der Waals surface area contributed by atoms with E-state index >= 15 is 0 Å². The quantitative estimate of drug-likeness (QED) is 0.460. The summed E-state index contributed by atoms with van der Waals surface area (Å²) in [7, 11) is 0. The molecule has 1 aromatic rings. The summed E-state index contributed by atoms with van der Waals surface area (Å²) in [6.45, 7) is 7.24. The zero-order chi connectivity index (χ0) is 21.7. The lowest BCUT2D eigenvalue weighted by Crippen LogP contribution is -2.42. The molecule has 4 unspecified atom stereocenters. The number of rotatable bonds is 11. The van der Waals surface area contributed by atoms with Crippen LogP contribution < -0.4 is 15.4 Å². The second kappa shape index (κ2) is 10.2. The first-order valence-electron chi connectivity index (χ1n) is 11.1. The van der Waals surface area contributed by atoms with Crippen LogP contribution in [0, 0.1) is 17.8 Å². The van der Waals surface area contributed by atoms with Crippen molar-refractivity contribution in [3.05, 3.63) is 11.1 Å². The van der Waals surface area contributed by atoms with Gasteiger partial charge in [0.15, 0.2) is 0 Å². The number of carbonyl (C=O) groups excluding carboxylic acids is 2. The summed E-state index contributed by atoms with van der Waals surface area (Å²) >= 11 is 1.18. The Bertz CT molecular complexity index is 730. The first kappa shape index (κ1) is 23.2. The highest BCUT2D eigenvalue weighted by Gasteiger charge is 2.45. The van der Waals surface area contributed by atoms with Crippen LogP contribution in [0.5, 0.6) is 5.19 Å². The molecule has 3 rings (SSSR count). The Hall–Kier alpha value is -1.51. The molecule has 2 saturated carbocycles. The molecule has 2 aliphatic rings. The number of fused-ring (bicyclic) bond motifs is 2. The molecule has 0 saturated heterocycles. The molecule has 2 aliphatic carbocycles. The van der Waals surface area contributed by atoms with Gasteiger partial charge in [-0.05, 0) is 58.8 Å². The summed E-state index contributed by atoms with van der Waals surface area (Å²) in [5.41, 5.74) is -0.0698. The van der Waals surface area contributed by atoms with Crippen LogP contribution in [0.15, 0.2) is 6.20 Å². The van der Waals surface area contributed by atoms with E-state index < -0.39 is 6.10 Å². The molecular weight excluding hydrogens is 402 g/mol. The Morgan fingerprint density at radius 2 is 2.17 bits per heavy atom. The Balaban J connectivity index is 1.29. The molecule has 7 nitrogen and oxygen atoms in total. The molecule has 2 bridgehead atoms. The zero-order valence-corrected chi connectivity index (χ0v) is 19.1. The Morgan fingerprint density at radius 3 is 2.87 bits per heavy atom. The summed E-state index contributed by atoms with van der Waals surface area (Å²) in [4.78, 5) is 29.1. The number of carbonyl (C=O) groups is 2. The van der Waals surface area contributed by atoms with Crippen LogP contribution >= 0.6 is 11.3 Å². The van der Waals surface area contributed by atoms with E-state index in [1.807, 2.05) is 20.8 Å². The molecule has 0 spiro atoms. The number of hydrogen-bond acceptors (Lipinski definition) is 7. The number of ether oxygens (including phenoxy) is 1. The number of unbranched alkanes of at least 4 members (excludes halogenated alkanes) is 1. The van der Waals surface area contributed by atoms with Gasteiger partial charge in [0.2, 0.25) is 0 Å². The van der Waals surface area contributed by atoms with Crippen LogP contribution in [0.3, 0.4) is 0 Å². The van der Waals surface area contributed by atoms with E-state index in [9.17, 15) is 14.7 Å². The third-order valence-electron chi connectivity index (χ3n) is 6.01. The van der Waals surface area contributed by atoms with Gasteiger partial charge in [-0.3, -0.25) is 9.59 Å². The lowest BCUT2D eigenvalue weighted by atomic mass is 9.84. The number of hydrogen-bond donors (Lipinski definition) is 3. The van der Waals surface area contributed by atoms with Gasteiger partial charge in [0.25, 0.3) is 11.1 Å². The normalized spacial score (nSPS) is 24.3. The summed E-state index contributed by atoms with van der Waals surface area (Å²) < 4.78 is 5.50. The minimum atomic E-state index is -0.646. The van der Waals surface area contributed by atoms with Gasteiger partial charge in [-0.1, -0.05) is 17.8 Å². The number of Topliss-reactive ketones (excluding diaryl/α,β-unsaturated/α-hetero) is 1. The van der Waals surface area contributed by atoms with Gasteiger partial charge in [-0.25, -0.2) is 4.98 Å². The predicted molar refractivity (Wildman–Crippen MR) is 117 cm³/mol. The number of β-amino-alcohol motifs (C(OH)–C–C–N with tert-alkyl or cyclic N) is 1. The molecule has 1 heterocycles. The molecule has 30 heavy (non-hydrogen) atoms. The summed E-state index contributed by atoms with van der Waals surface area (Å²) in [5.74, 6) is 1.57. The largest absolute Gasteiger partial charge is 0.467 e. The first-order valence-corrected chi connectivity index (χ1v) is 11.9. The third kappa shape index (κ3) is 6.49. The molecule has 1 amide bonds. The number of amides is 1. The van der Waals surface area contributed by atoms with Crippen molar-refractivity contribution in [2.45, 2.75) is 70.9 Å². The molecule has 4 atom stereocenters. The van der Waals surface area contributed by atoms with Crippen molar-refractivity contribution in [2.75, 3.05) is 19.7 Å². The van der Waals surface area contributed by atoms with Crippen LogP contribution in [0.25, 0.3) is 0 Å². The van der Waals surface area contributed by atoms with Crippen molar-refractivity contribution in [1.82, 2.24) is 15.6 Å². The molecule has 2 fully saturated rings. The van der Waals surface area contributed by atoms with Gasteiger partial charge in [0.05, 0.1) is 6.20 Å². The van der Waals surface area contributed by atoms with Gasteiger partial charge < -0.3 is 20.5 Å². The second-order valence-electron chi connectivity index (χ2n) is 9.62. The number of ketones is 1. The second-order valence-corrected chi connectivity index (χ2v) is 10.6. The van der Waals surface area contributed by atoms with Crippen LogP contribution in [-0.2, 0) is 4.79 Å². The topological polar surface area (TPSA) is 101 Å². The van der Waals surface area contributed by atoms with Crippen molar-refractivity contribution in [3.8, 4) is 5.19 Å². The number of nitrogens with zero attached hydrogens (tertiary/aromatic N) is 1. The molecule has 3 N–H and O–H groups in total. The zero-order valence-electron chi connectivity index (χ0n) is 18.3. The van der Waals surface area contributed by atoms with Crippen LogP contribution in [0.4, 0.5) is 0 Å². The Kier molecular flexibility index (Phi) is 7.87. The maximum Gasteiger partial charge on any atom is 0.273 e. The Morgan fingerprint density at radius 1 is 1.37 bits per heavy atom. The predicted octanol–water partition coefficient (Wildman–Crippen LogP) is 2.79. The van der Waals surface area contributed by atoms with Gasteiger partial charge in [-0.2, -0.15) is 0 Å². The fourth-order valence-electron chi connectivity index (χ4n) is 4.41. The lowest BCUT2D eigenvalue weighted by Gasteiger charge is -2.22. The standard InChI is InChI=1S/C22H35N3O4S/c1-22(2,3)25-11-16(26)13-29-21-24-12-18(30-21)20(28)23-9-5-4-6-17-14-7-8-15(10-14)19(17)27/h12,14-17,25-26H,4-11,13H2,1-3H3,(H,23,28). The summed E-state index contributed by atoms with van der Waals surface area (Å²) in [6, 6.07) is 0. The number of thiazole rings is 1. The highest BCUT2D eigenvalue weighted by Crippen LogP contribution is 2.47. The van der Waals surface area contributed by atoms with Crippen molar-refractivity contribution < 1.29 is 19.4 Å². The molecule has 0 aromatic carbocycles. The number of nitrogens with one attached hydrogen (secondary N) is 2. The van der Waals surface area contributed by atoms with E-state index in [4.69, 9.17) is 4.74 Å². The van der Waals surface area contributed by atoms with Crippen molar-refractivity contribution >= 4 is 23.0 Å². The van der Waals surface area contributed by atoms with Crippen LogP contribution in [0.2, 0.25) is 0 Å². The fraction of sp³-hybridized carbons (Fsp3) is 0.773. The van der Waals surface area contributed by atoms with Crippen molar-refractivity contribution in [2.24, 2.45) is 17.8 Å². The summed E-state index contributed by atoms with van der Waals surface area (Å²) in [6.07, 6.45) is 7.09. The maximum atomic E-state index is 12.3. The van der Waals surface area contributed by atoms with Crippen molar-refractivity contribution in [3.63, 3.8) is 0 Å². The SMILES string of the molecule is CC(C)(C)NCC(O)COc1ncc(C(=O)NCCCCC2C(=O)C3CCC2C3)s1. The minimum absolute atomic E-state index is 0.0698. The minimum Gasteiger partial charge on any atom is -0.467 e. The molecule has 0 aliphatic heterocycles. The monoisotopic (exact) mass is 437 g/mol. The van der Waals surface area contributed by atoms with Crippen LogP contribution in [0.1, 0.15) is 69.0 Å². The van der Waals surface area contributed by atoms with E-state index in [-0.39, 0.29) is 24.0 Å². The van der Waals surface area contributed by atoms with E-state index in [0.29, 0.717) is 40.8 Å². The van der Waals surface area contributed by atoms with E-state index in [2.05, 4.69) is 15.6 Å². The average Bonchev–Trinajstić information content (AvgIpc) is 3.41. The third-order valence-corrected chi connectivity index (χ3v) is 6.92. The van der Waals surface area contributed by atoms with E-state index in [0.717, 1.165) is 32.1 Å². The molecule has 1 aromatic heterocycles. The molecular formula is C22H35N3O4S. The van der Waals surface area contributed by atoms with Gasteiger partial charge >= 0.3 is 0 Å². The smallest absolute Gasteiger partial charge is 0.273 e. The van der Waals surface area contributed by atoms with Gasteiger partial charge in [-0.15, -0.1) is 0 Å². The van der Waals surface area contributed by atoms with Crippen molar-refractivity contribution in [1.29, 1.82) is 0 Å². The van der Waals surface area contributed by atoms with Gasteiger partial charge in [0.1, 0.15) is 23.4 Å². The number of aliphatic hydroxyl groups is 1.